The van der Waals surface area contributed by atoms with E-state index in [1.165, 1.54) is 15.8 Å². The Bertz CT molecular complexity index is 1010. The molecule has 9 heteroatoms. The summed E-state index contributed by atoms with van der Waals surface area (Å²) < 4.78 is 1.40. The van der Waals surface area contributed by atoms with Gasteiger partial charge in [-0.1, -0.05) is 13.8 Å². The molecular weight excluding hydrogens is 450 g/mol. The second-order valence-electron chi connectivity index (χ2n) is 9.07. The summed E-state index contributed by atoms with van der Waals surface area (Å²) in [6, 6.07) is 0. The second-order valence-corrected chi connectivity index (χ2v) is 10.2. The van der Waals surface area contributed by atoms with Gasteiger partial charge in [0, 0.05) is 24.4 Å². The van der Waals surface area contributed by atoms with Crippen LogP contribution in [0.5, 0.6) is 0 Å². The van der Waals surface area contributed by atoms with E-state index < -0.39 is 0 Å². The third kappa shape index (κ3) is 7.37. The van der Waals surface area contributed by atoms with Crippen molar-refractivity contribution in [2.45, 2.75) is 78.2 Å². The maximum Gasteiger partial charge on any atom is 0.262 e. The average Bonchev–Trinajstić information content (AvgIpc) is 3.21. The Kier molecular flexibility index (Phi) is 10.5. The van der Waals surface area contributed by atoms with Crippen LogP contribution in [0.3, 0.4) is 0 Å². The maximum atomic E-state index is 13.0. The Labute approximate surface area is 206 Å². The van der Waals surface area contributed by atoms with Crippen molar-refractivity contribution in [2.75, 3.05) is 32.7 Å². The minimum absolute atomic E-state index is 0.0138. The van der Waals surface area contributed by atoms with Crippen molar-refractivity contribution < 1.29 is 9.59 Å². The Balaban J connectivity index is 1.36. The number of nitrogens with one attached hydrogen (secondary N) is 2. The summed E-state index contributed by atoms with van der Waals surface area (Å²) in [5, 5.41) is 6.48. The number of fused-ring (bicyclic) bond motifs is 3. The number of aromatic nitrogens is 2. The molecule has 0 saturated heterocycles. The van der Waals surface area contributed by atoms with Gasteiger partial charge in [0.1, 0.15) is 11.4 Å². The van der Waals surface area contributed by atoms with Crippen molar-refractivity contribution in [1.29, 1.82) is 0 Å². The highest BCUT2D eigenvalue weighted by molar-refractivity contribution is 7.18. The van der Waals surface area contributed by atoms with Gasteiger partial charge in [-0.2, -0.15) is 0 Å². The highest BCUT2D eigenvalue weighted by Gasteiger charge is 2.20. The molecule has 2 amide bonds. The van der Waals surface area contributed by atoms with E-state index in [9.17, 15) is 14.4 Å². The molecule has 0 atom stereocenters. The van der Waals surface area contributed by atoms with Crippen LogP contribution in [-0.2, 0) is 29.0 Å². The van der Waals surface area contributed by atoms with E-state index in [0.717, 1.165) is 75.0 Å². The quantitative estimate of drug-likeness (QED) is 0.398. The van der Waals surface area contributed by atoms with Crippen molar-refractivity contribution >= 4 is 33.4 Å². The van der Waals surface area contributed by atoms with Gasteiger partial charge in [0.15, 0.2) is 0 Å². The molecule has 34 heavy (non-hydrogen) atoms. The summed E-state index contributed by atoms with van der Waals surface area (Å²) in [5.74, 6) is -0.223. The fourth-order valence-electron chi connectivity index (χ4n) is 4.57. The zero-order valence-corrected chi connectivity index (χ0v) is 21.5. The van der Waals surface area contributed by atoms with E-state index in [4.69, 9.17) is 0 Å². The molecule has 0 aliphatic heterocycles. The van der Waals surface area contributed by atoms with Gasteiger partial charge in [-0.15, -0.1) is 11.3 Å². The topological polar surface area (TPSA) is 96.3 Å². The minimum Gasteiger partial charge on any atom is -0.356 e. The highest BCUT2D eigenvalue weighted by Crippen LogP contribution is 2.33. The number of rotatable bonds is 14. The maximum absolute atomic E-state index is 13.0. The molecule has 1 aliphatic carbocycles. The van der Waals surface area contributed by atoms with Crippen LogP contribution in [0.25, 0.3) is 10.2 Å². The van der Waals surface area contributed by atoms with Crippen LogP contribution >= 0.6 is 11.3 Å². The first-order valence-corrected chi connectivity index (χ1v) is 13.6. The number of hydrogen-bond donors (Lipinski definition) is 2. The Morgan fingerprint density at radius 2 is 1.74 bits per heavy atom. The van der Waals surface area contributed by atoms with E-state index in [-0.39, 0.29) is 23.9 Å². The molecule has 2 aromatic heterocycles. The molecule has 0 fully saturated rings. The Morgan fingerprint density at radius 1 is 1.03 bits per heavy atom. The average molecular weight is 490 g/mol. The van der Waals surface area contributed by atoms with Gasteiger partial charge in [-0.25, -0.2) is 4.98 Å². The summed E-state index contributed by atoms with van der Waals surface area (Å²) >= 11 is 1.61. The standard InChI is InChI=1S/C25H39N5O3S/c1-3-14-29(15-4-2)16-8-13-26-21(31)11-7-12-27-22(32)17-30-18-28-24-23(25(30)33)19-9-5-6-10-20(19)34-24/h18H,3-17H2,1-2H3,(H,26,31)(H,27,32). The fraction of sp³-hybridized carbons (Fsp3) is 0.680. The molecule has 0 saturated carbocycles. The van der Waals surface area contributed by atoms with Gasteiger partial charge in [-0.05, 0) is 76.6 Å². The lowest BCUT2D eigenvalue weighted by Crippen LogP contribution is -2.34. The van der Waals surface area contributed by atoms with Crippen LogP contribution in [0.1, 0.15) is 69.2 Å². The van der Waals surface area contributed by atoms with Crippen LogP contribution in [0, 0.1) is 0 Å². The predicted octanol–water partition coefficient (Wildman–Crippen LogP) is 2.86. The van der Waals surface area contributed by atoms with E-state index in [1.54, 1.807) is 11.3 Å². The molecule has 2 aromatic rings. The van der Waals surface area contributed by atoms with Crippen LogP contribution in [0.15, 0.2) is 11.1 Å². The summed E-state index contributed by atoms with van der Waals surface area (Å²) in [7, 11) is 0. The molecule has 0 bridgehead atoms. The molecule has 188 valence electrons. The van der Waals surface area contributed by atoms with Crippen molar-refractivity contribution in [3.05, 3.63) is 27.1 Å². The number of carbonyl (C=O) groups excluding carboxylic acids is 2. The number of thiophene rings is 1. The molecule has 3 rings (SSSR count). The van der Waals surface area contributed by atoms with Crippen molar-refractivity contribution in [2.24, 2.45) is 0 Å². The number of carbonyl (C=O) groups is 2. The van der Waals surface area contributed by atoms with E-state index in [2.05, 4.69) is 34.4 Å². The van der Waals surface area contributed by atoms with Gasteiger partial charge in [0.2, 0.25) is 11.8 Å². The van der Waals surface area contributed by atoms with Gasteiger partial charge < -0.3 is 15.5 Å². The van der Waals surface area contributed by atoms with Gasteiger partial charge >= 0.3 is 0 Å². The lowest BCUT2D eigenvalue weighted by atomic mass is 9.97. The third-order valence-corrected chi connectivity index (χ3v) is 7.41. The van der Waals surface area contributed by atoms with Gasteiger partial charge in [0.25, 0.3) is 5.56 Å². The molecule has 0 spiro atoms. The van der Waals surface area contributed by atoms with Gasteiger partial charge in [0.05, 0.1) is 11.7 Å². The first-order chi connectivity index (χ1) is 16.5. The first kappa shape index (κ1) is 26.3. The van der Waals surface area contributed by atoms with Crippen LogP contribution in [0.2, 0.25) is 0 Å². The lowest BCUT2D eigenvalue weighted by Gasteiger charge is -2.20. The van der Waals surface area contributed by atoms with Gasteiger partial charge in [-0.3, -0.25) is 19.0 Å². The number of hydrogen-bond acceptors (Lipinski definition) is 6. The largest absolute Gasteiger partial charge is 0.356 e. The minimum atomic E-state index is -0.236. The molecule has 2 heterocycles. The molecule has 0 radical (unpaired) electrons. The highest BCUT2D eigenvalue weighted by atomic mass is 32.1. The zero-order chi connectivity index (χ0) is 24.3. The molecule has 2 N–H and O–H groups in total. The van der Waals surface area contributed by atoms with E-state index >= 15 is 0 Å². The molecular formula is C25H39N5O3S. The normalized spacial score (nSPS) is 13.3. The van der Waals surface area contributed by atoms with Crippen molar-refractivity contribution in [1.82, 2.24) is 25.1 Å². The number of nitrogens with zero attached hydrogens (tertiary/aromatic N) is 3. The van der Waals surface area contributed by atoms with Crippen LogP contribution in [-0.4, -0.2) is 59.0 Å². The Morgan fingerprint density at radius 3 is 2.50 bits per heavy atom. The number of aryl methyl sites for hydroxylation is 2. The molecule has 0 aromatic carbocycles. The smallest absolute Gasteiger partial charge is 0.262 e. The summed E-state index contributed by atoms with van der Waals surface area (Å²) in [4.78, 5) is 46.3. The number of amides is 2. The fourth-order valence-corrected chi connectivity index (χ4v) is 5.79. The monoisotopic (exact) mass is 489 g/mol. The predicted molar refractivity (Wildman–Crippen MR) is 137 cm³/mol. The van der Waals surface area contributed by atoms with Crippen LogP contribution in [0.4, 0.5) is 0 Å². The molecule has 8 nitrogen and oxygen atoms in total. The third-order valence-electron chi connectivity index (χ3n) is 6.21. The van der Waals surface area contributed by atoms with Crippen molar-refractivity contribution in [3.8, 4) is 0 Å². The van der Waals surface area contributed by atoms with Crippen LogP contribution < -0.4 is 16.2 Å². The Hall–Kier alpha value is -2.26. The lowest BCUT2D eigenvalue weighted by molar-refractivity contribution is -0.123. The zero-order valence-electron chi connectivity index (χ0n) is 20.7. The first-order valence-electron chi connectivity index (χ1n) is 12.8. The van der Waals surface area contributed by atoms with Crippen molar-refractivity contribution in [3.63, 3.8) is 0 Å². The molecule has 1 aliphatic rings. The van der Waals surface area contributed by atoms with E-state index in [0.29, 0.717) is 31.3 Å². The second kappa shape index (κ2) is 13.6. The van der Waals surface area contributed by atoms with E-state index in [1.807, 2.05) is 0 Å². The summed E-state index contributed by atoms with van der Waals surface area (Å²) in [5.41, 5.74) is 1.00. The SMILES string of the molecule is CCCN(CCC)CCCNC(=O)CCCNC(=O)Cn1cnc2sc3c(c2c1=O)CCCC3. The summed E-state index contributed by atoms with van der Waals surface area (Å²) in [6.45, 7) is 8.63. The molecule has 0 unspecified atom stereocenters. The summed E-state index contributed by atoms with van der Waals surface area (Å²) in [6.07, 6.45) is 9.84.